The van der Waals surface area contributed by atoms with Crippen molar-refractivity contribution in [3.05, 3.63) is 95.6 Å². The summed E-state index contributed by atoms with van der Waals surface area (Å²) in [6.07, 6.45) is -4.11. The molecule has 4 rings (SSSR count). The van der Waals surface area contributed by atoms with E-state index in [1.807, 2.05) is 48.5 Å². The van der Waals surface area contributed by atoms with Gasteiger partial charge < -0.3 is 77.8 Å². The highest BCUT2D eigenvalue weighted by molar-refractivity contribution is 5.97. The molecule has 88 heavy (non-hydrogen) atoms. The number of carbonyl (C=O) groups is 13. The number of alkyl carbamates (subject to hydrolysis) is 2. The average molecular weight is 1230 g/mol. The summed E-state index contributed by atoms with van der Waals surface area (Å²) in [6, 6.07) is 14.5. The van der Waals surface area contributed by atoms with Gasteiger partial charge in [-0.1, -0.05) is 107 Å². The molecule has 1 aliphatic rings. The fourth-order valence-corrected chi connectivity index (χ4v) is 9.23. The second kappa shape index (κ2) is 35.7. The zero-order valence-corrected chi connectivity index (χ0v) is 50.6. The van der Waals surface area contributed by atoms with Crippen LogP contribution in [0.3, 0.4) is 0 Å². The van der Waals surface area contributed by atoms with E-state index in [-0.39, 0.29) is 56.8 Å². The molecule has 0 spiro atoms. The quantitative estimate of drug-likeness (QED) is 0.0220. The van der Waals surface area contributed by atoms with Crippen LogP contribution in [0.5, 0.6) is 0 Å². The van der Waals surface area contributed by atoms with Gasteiger partial charge in [0.15, 0.2) is 0 Å². The number of hydrogen-bond donors (Lipinski definition) is 11. The third-order valence-corrected chi connectivity index (χ3v) is 13.6. The molecule has 11 amide bonds. The minimum Gasteiger partial charge on any atom is -0.467 e. The topological polar surface area (TPSA) is 405 Å². The number of nitrogens with one attached hydrogen (secondary N) is 10. The number of hydrogen-bond acceptors (Lipinski definition) is 17. The molecule has 0 saturated heterocycles. The van der Waals surface area contributed by atoms with Crippen LogP contribution < -0.4 is 58.9 Å². The summed E-state index contributed by atoms with van der Waals surface area (Å²) in [4.78, 5) is 171. The first-order valence-corrected chi connectivity index (χ1v) is 28.7. The van der Waals surface area contributed by atoms with Gasteiger partial charge in [0.1, 0.15) is 55.6 Å². The van der Waals surface area contributed by atoms with Crippen LogP contribution in [0.1, 0.15) is 103 Å². The molecule has 7 atom stereocenters. The molecule has 0 bridgehead atoms. The summed E-state index contributed by atoms with van der Waals surface area (Å²) < 4.78 is 21.7. The number of benzene rings is 3. The fraction of sp³-hybridized carbons (Fsp3) is 0.483. The normalized spacial score (nSPS) is 13.8. The Morgan fingerprint density at radius 3 is 1.72 bits per heavy atom. The number of unbranched alkanes of at least 4 members (excludes halogenated alkanes) is 1. The van der Waals surface area contributed by atoms with Crippen LogP contribution in [-0.4, -0.2) is 160 Å². The first kappa shape index (κ1) is 70.9. The van der Waals surface area contributed by atoms with Crippen molar-refractivity contribution < 1.29 is 81.3 Å². The van der Waals surface area contributed by atoms with Crippen LogP contribution in [-0.2, 0) is 78.3 Å². The summed E-state index contributed by atoms with van der Waals surface area (Å²) in [5, 5.41) is 24.4. The van der Waals surface area contributed by atoms with Gasteiger partial charge in [-0.2, -0.15) is 0 Å². The van der Waals surface area contributed by atoms with Crippen molar-refractivity contribution in [2.45, 2.75) is 135 Å². The summed E-state index contributed by atoms with van der Waals surface area (Å²) in [6.45, 7) is 8.39. The number of ether oxygens (including phenoxy) is 4. The molecule has 478 valence electrons. The van der Waals surface area contributed by atoms with Gasteiger partial charge >= 0.3 is 24.1 Å². The predicted molar refractivity (Wildman–Crippen MR) is 316 cm³/mol. The summed E-state index contributed by atoms with van der Waals surface area (Å²) in [5.41, 5.74) is 9.46. The third kappa shape index (κ3) is 23.7. The Bertz CT molecular complexity index is 2920. The lowest BCUT2D eigenvalue weighted by atomic mass is 9.98. The standard InChI is InChI=1S/C60H81N11O17/c1-33(2)26-45(53(77)65-30-49(75)63-29-48(61)74)68-55(79)47(66-37(7)73)28-64-56(80)52(71-60(84)86-31-38-18-10-9-11-19-38)35(5)88-50(76)27-46(54(78)67-44(58(82)85-8)24-16-17-25-62-36(6)72)69-57(81)51(34(3)4)70-59(83)87-32-43-41-22-14-12-20-39(41)40-21-13-15-23-42(40)43/h9-15,18-23,33-35,43-47,51-52H,16-17,24-32H2,1-8H3,(H2,61,74)(H,62,72)(H,63,75)(H,64,80)(H,65,77)(H,66,73)(H,67,78)(H,68,79)(H,69,81)(H,70,83)(H,71,84)/t35-,44+,45+,46+,47+,51+,52+/m1/s1. The first-order valence-electron chi connectivity index (χ1n) is 28.7. The number of methoxy groups -OCH3 is 1. The van der Waals surface area contributed by atoms with Gasteiger partial charge in [-0.3, -0.25) is 47.9 Å². The Morgan fingerprint density at radius 2 is 1.12 bits per heavy atom. The highest BCUT2D eigenvalue weighted by atomic mass is 16.6. The van der Waals surface area contributed by atoms with Gasteiger partial charge in [0, 0.05) is 32.9 Å². The maximum atomic E-state index is 14.3. The number of primary amides is 1. The van der Waals surface area contributed by atoms with Gasteiger partial charge in [-0.05, 0) is 72.3 Å². The number of carbonyl (C=O) groups excluding carboxylic acids is 13. The summed E-state index contributed by atoms with van der Waals surface area (Å²) in [7, 11) is 1.08. The van der Waals surface area contributed by atoms with Gasteiger partial charge in [0.25, 0.3) is 0 Å². The molecule has 0 aromatic heterocycles. The van der Waals surface area contributed by atoms with Gasteiger partial charge in [0.2, 0.25) is 53.2 Å². The molecule has 0 saturated carbocycles. The van der Waals surface area contributed by atoms with E-state index < -0.39 is 146 Å². The van der Waals surface area contributed by atoms with Crippen LogP contribution in [0.4, 0.5) is 9.59 Å². The van der Waals surface area contributed by atoms with E-state index in [0.29, 0.717) is 12.0 Å². The second-order valence-corrected chi connectivity index (χ2v) is 21.5. The minimum atomic E-state index is -1.86. The number of nitrogens with two attached hydrogens (primary N) is 1. The Morgan fingerprint density at radius 1 is 0.545 bits per heavy atom. The lowest BCUT2D eigenvalue weighted by molar-refractivity contribution is -0.153. The largest absolute Gasteiger partial charge is 0.467 e. The molecule has 3 aromatic carbocycles. The van der Waals surface area contributed by atoms with Crippen molar-refractivity contribution in [2.75, 3.05) is 39.9 Å². The SMILES string of the molecule is COC(=O)[C@H](CCCCNC(C)=O)NC(=O)[C@H](CC(=O)O[C@H](C)[C@H](NC(=O)OCc1ccccc1)C(=O)NC[C@H](NC(C)=O)C(=O)N[C@@H](CC(C)C)C(=O)NCC(=O)NCC(N)=O)NC(=O)[C@@H](NC(=O)OCC1c2ccccc2-c2ccccc21)C(C)C. The Balaban J connectivity index is 1.59. The molecule has 0 aliphatic heterocycles. The van der Waals surface area contributed by atoms with Gasteiger partial charge in [0.05, 0.1) is 26.6 Å². The number of amides is 11. The molecule has 0 fully saturated rings. The van der Waals surface area contributed by atoms with Crippen LogP contribution in [0.15, 0.2) is 78.9 Å². The van der Waals surface area contributed by atoms with Crippen molar-refractivity contribution in [3.63, 3.8) is 0 Å². The fourth-order valence-electron chi connectivity index (χ4n) is 9.23. The predicted octanol–water partition coefficient (Wildman–Crippen LogP) is 0.485. The van der Waals surface area contributed by atoms with Crippen molar-refractivity contribution in [1.29, 1.82) is 0 Å². The average Bonchev–Trinajstić information content (AvgIpc) is 1.67. The van der Waals surface area contributed by atoms with Crippen LogP contribution in [0.2, 0.25) is 0 Å². The number of esters is 2. The lowest BCUT2D eigenvalue weighted by Crippen LogP contribution is -2.60. The minimum absolute atomic E-state index is 0.0138. The number of rotatable bonds is 34. The smallest absolute Gasteiger partial charge is 0.408 e. The molecule has 3 aromatic rings. The molecule has 0 unspecified atom stereocenters. The Hall–Kier alpha value is -9.63. The lowest BCUT2D eigenvalue weighted by Gasteiger charge is -2.28. The maximum absolute atomic E-state index is 14.3. The molecule has 28 heteroatoms. The molecule has 1 aliphatic carbocycles. The van der Waals surface area contributed by atoms with Gasteiger partial charge in [-0.25, -0.2) is 14.4 Å². The Labute approximate surface area is 509 Å². The number of fused-ring (bicyclic) bond motifs is 3. The van der Waals surface area contributed by atoms with E-state index in [0.717, 1.165) is 36.3 Å². The first-order chi connectivity index (χ1) is 41.8. The maximum Gasteiger partial charge on any atom is 0.408 e. The highest BCUT2D eigenvalue weighted by Gasteiger charge is 2.37. The van der Waals surface area contributed by atoms with Crippen molar-refractivity contribution in [3.8, 4) is 11.1 Å². The summed E-state index contributed by atoms with van der Waals surface area (Å²) in [5.74, 6) is -10.9. The third-order valence-electron chi connectivity index (χ3n) is 13.6. The van der Waals surface area contributed by atoms with E-state index in [2.05, 4.69) is 53.2 Å². The molecular formula is C60H81N11O17. The zero-order chi connectivity index (χ0) is 65.0. The van der Waals surface area contributed by atoms with Crippen molar-refractivity contribution in [2.24, 2.45) is 17.6 Å². The van der Waals surface area contributed by atoms with E-state index >= 15 is 0 Å². The molecule has 28 nitrogen and oxygen atoms in total. The molecule has 12 N–H and O–H groups in total. The van der Waals surface area contributed by atoms with Crippen molar-refractivity contribution >= 4 is 77.3 Å². The van der Waals surface area contributed by atoms with Crippen LogP contribution in [0, 0.1) is 11.8 Å². The Kier molecular flexibility index (Phi) is 28.8. The molecule has 0 radical (unpaired) electrons. The molecular weight excluding hydrogens is 1150 g/mol. The molecule has 0 heterocycles. The van der Waals surface area contributed by atoms with Crippen molar-refractivity contribution in [1.82, 2.24) is 53.2 Å². The van der Waals surface area contributed by atoms with Gasteiger partial charge in [-0.15, -0.1) is 0 Å². The monoisotopic (exact) mass is 1230 g/mol. The van der Waals surface area contributed by atoms with E-state index in [1.165, 1.54) is 13.8 Å². The van der Waals surface area contributed by atoms with Crippen LogP contribution >= 0.6 is 0 Å². The van der Waals surface area contributed by atoms with E-state index in [1.54, 1.807) is 58.0 Å². The van der Waals surface area contributed by atoms with Crippen LogP contribution in [0.25, 0.3) is 11.1 Å². The van der Waals surface area contributed by atoms with E-state index in [9.17, 15) is 62.3 Å². The summed E-state index contributed by atoms with van der Waals surface area (Å²) >= 11 is 0. The highest BCUT2D eigenvalue weighted by Crippen LogP contribution is 2.44. The second-order valence-electron chi connectivity index (χ2n) is 21.5. The zero-order valence-electron chi connectivity index (χ0n) is 50.6. The van der Waals surface area contributed by atoms with E-state index in [4.69, 9.17) is 24.7 Å².